The van der Waals surface area contributed by atoms with Crippen LogP contribution in [0.4, 0.5) is 10.3 Å². The Morgan fingerprint density at radius 3 is 2.43 bits per heavy atom. The van der Waals surface area contributed by atoms with E-state index in [-0.39, 0.29) is 10.9 Å². The predicted molar refractivity (Wildman–Crippen MR) is 84.5 cm³/mol. The number of aromatic nitrogens is 1. The Morgan fingerprint density at radius 1 is 1.10 bits per heavy atom. The molecule has 1 heterocycles. The minimum atomic E-state index is -0.516. The Morgan fingerprint density at radius 2 is 1.76 bits per heavy atom. The second-order valence-corrected chi connectivity index (χ2v) is 5.73. The molecule has 106 valence electrons. The monoisotopic (exact) mass is 366 g/mol. The first kappa shape index (κ1) is 14.1. The second kappa shape index (κ2) is 5.50. The molecular formula is C15H9BrClFN2O. The number of halogens is 3. The highest BCUT2D eigenvalue weighted by Gasteiger charge is 2.18. The number of hydrogen-bond acceptors (Lipinski definition) is 3. The van der Waals surface area contributed by atoms with Gasteiger partial charge in [0.15, 0.2) is 0 Å². The lowest BCUT2D eigenvalue weighted by atomic mass is 10.0. The van der Waals surface area contributed by atoms with Crippen LogP contribution < -0.4 is 5.73 Å². The summed E-state index contributed by atoms with van der Waals surface area (Å²) >= 11 is 9.07. The maximum absolute atomic E-state index is 13.6. The third-order valence-corrected chi connectivity index (χ3v) is 3.88. The summed E-state index contributed by atoms with van der Waals surface area (Å²) in [5, 5.41) is 3.99. The third-order valence-electron chi connectivity index (χ3n) is 3.04. The van der Waals surface area contributed by atoms with Crippen molar-refractivity contribution in [2.75, 3.05) is 5.73 Å². The normalized spacial score (nSPS) is 10.8. The van der Waals surface area contributed by atoms with Crippen molar-refractivity contribution in [3.63, 3.8) is 0 Å². The fourth-order valence-electron chi connectivity index (χ4n) is 2.04. The minimum Gasteiger partial charge on any atom is -0.367 e. The van der Waals surface area contributed by atoms with Crippen LogP contribution >= 0.6 is 27.5 Å². The molecule has 3 rings (SSSR count). The molecule has 2 aromatic carbocycles. The van der Waals surface area contributed by atoms with E-state index in [1.165, 1.54) is 12.1 Å². The molecule has 0 aliphatic rings. The predicted octanol–water partition coefficient (Wildman–Crippen LogP) is 5.15. The lowest BCUT2D eigenvalue weighted by molar-refractivity contribution is 0.439. The Bertz CT molecular complexity index is 802. The first-order valence-electron chi connectivity index (χ1n) is 6.03. The van der Waals surface area contributed by atoms with E-state index in [1.807, 2.05) is 24.3 Å². The summed E-state index contributed by atoms with van der Waals surface area (Å²) in [4.78, 5) is 0. The molecule has 0 atom stereocenters. The van der Waals surface area contributed by atoms with Gasteiger partial charge in [0.25, 0.3) is 0 Å². The average Bonchev–Trinajstić information content (AvgIpc) is 2.85. The molecule has 0 radical (unpaired) electrons. The second-order valence-electron chi connectivity index (χ2n) is 4.41. The van der Waals surface area contributed by atoms with Crippen LogP contribution in [0.25, 0.3) is 22.4 Å². The van der Waals surface area contributed by atoms with Crippen molar-refractivity contribution >= 4 is 33.4 Å². The van der Waals surface area contributed by atoms with Gasteiger partial charge in [-0.2, -0.15) is 0 Å². The molecule has 0 amide bonds. The van der Waals surface area contributed by atoms with Crippen molar-refractivity contribution in [2.45, 2.75) is 0 Å². The van der Waals surface area contributed by atoms with Gasteiger partial charge in [-0.05, 0) is 29.8 Å². The van der Waals surface area contributed by atoms with Gasteiger partial charge in [0, 0.05) is 10.0 Å². The molecule has 0 fully saturated rings. The zero-order chi connectivity index (χ0) is 15.0. The Labute approximate surface area is 133 Å². The Kier molecular flexibility index (Phi) is 3.69. The van der Waals surface area contributed by atoms with Gasteiger partial charge in [0.1, 0.15) is 11.5 Å². The van der Waals surface area contributed by atoms with Crippen LogP contribution in [0.5, 0.6) is 0 Å². The van der Waals surface area contributed by atoms with Crippen LogP contribution in [0.2, 0.25) is 5.02 Å². The molecule has 0 aliphatic heterocycles. The highest BCUT2D eigenvalue weighted by atomic mass is 79.9. The lowest BCUT2D eigenvalue weighted by Gasteiger charge is -2.04. The molecule has 0 bridgehead atoms. The molecular weight excluding hydrogens is 359 g/mol. The Hall–Kier alpha value is -1.85. The van der Waals surface area contributed by atoms with Gasteiger partial charge in [0.2, 0.25) is 5.88 Å². The molecule has 3 nitrogen and oxygen atoms in total. The molecule has 3 aromatic rings. The molecule has 0 unspecified atom stereocenters. The standard InChI is InChI=1S/C15H9BrClFN2O/c16-10-4-1-8(2-5-10)13-14(20-21-15(13)19)9-3-6-11(17)12(18)7-9/h1-7H,19H2. The molecule has 1 aromatic heterocycles. The molecule has 0 saturated heterocycles. The Balaban J connectivity index is 2.16. The fraction of sp³-hybridized carbons (Fsp3) is 0. The summed E-state index contributed by atoms with van der Waals surface area (Å²) in [7, 11) is 0. The van der Waals surface area contributed by atoms with E-state index in [2.05, 4.69) is 21.1 Å². The number of nitrogens with two attached hydrogens (primary N) is 1. The van der Waals surface area contributed by atoms with Gasteiger partial charge < -0.3 is 10.3 Å². The summed E-state index contributed by atoms with van der Waals surface area (Å²) in [6, 6.07) is 12.0. The zero-order valence-electron chi connectivity index (χ0n) is 10.6. The zero-order valence-corrected chi connectivity index (χ0v) is 13.0. The average molecular weight is 368 g/mol. The number of anilines is 1. The first-order valence-corrected chi connectivity index (χ1v) is 7.20. The highest BCUT2D eigenvalue weighted by Crippen LogP contribution is 2.37. The van der Waals surface area contributed by atoms with Crippen molar-refractivity contribution < 1.29 is 8.91 Å². The number of rotatable bonds is 2. The van der Waals surface area contributed by atoms with Gasteiger partial charge in [-0.15, -0.1) is 0 Å². The summed E-state index contributed by atoms with van der Waals surface area (Å²) in [5.74, 6) is -0.333. The summed E-state index contributed by atoms with van der Waals surface area (Å²) in [6.07, 6.45) is 0. The topological polar surface area (TPSA) is 52.0 Å². The van der Waals surface area contributed by atoms with Gasteiger partial charge in [-0.3, -0.25) is 0 Å². The molecule has 21 heavy (non-hydrogen) atoms. The SMILES string of the molecule is Nc1onc(-c2ccc(Cl)c(F)c2)c1-c1ccc(Br)cc1. The molecule has 2 N–H and O–H groups in total. The summed E-state index contributed by atoms with van der Waals surface area (Å²) in [6.45, 7) is 0. The maximum Gasteiger partial charge on any atom is 0.230 e. The van der Waals surface area contributed by atoms with E-state index in [9.17, 15) is 4.39 Å². The number of nitrogens with zero attached hydrogens (tertiary/aromatic N) is 1. The van der Waals surface area contributed by atoms with Crippen LogP contribution in [-0.2, 0) is 0 Å². The van der Waals surface area contributed by atoms with E-state index in [4.69, 9.17) is 21.9 Å². The largest absolute Gasteiger partial charge is 0.367 e. The maximum atomic E-state index is 13.6. The van der Waals surface area contributed by atoms with Crippen molar-refractivity contribution in [3.8, 4) is 22.4 Å². The van der Waals surface area contributed by atoms with Gasteiger partial charge in [0.05, 0.1) is 10.6 Å². The van der Waals surface area contributed by atoms with E-state index >= 15 is 0 Å². The fourth-order valence-corrected chi connectivity index (χ4v) is 2.42. The summed E-state index contributed by atoms with van der Waals surface area (Å²) < 4.78 is 19.6. The van der Waals surface area contributed by atoms with Crippen molar-refractivity contribution in [1.82, 2.24) is 5.16 Å². The molecule has 6 heteroatoms. The van der Waals surface area contributed by atoms with Crippen LogP contribution in [0.1, 0.15) is 0 Å². The van der Waals surface area contributed by atoms with Crippen LogP contribution in [0.15, 0.2) is 51.5 Å². The van der Waals surface area contributed by atoms with Crippen LogP contribution in [0, 0.1) is 5.82 Å². The van der Waals surface area contributed by atoms with E-state index in [0.717, 1.165) is 10.0 Å². The van der Waals surface area contributed by atoms with Crippen molar-refractivity contribution in [2.24, 2.45) is 0 Å². The lowest BCUT2D eigenvalue weighted by Crippen LogP contribution is -1.88. The van der Waals surface area contributed by atoms with Crippen LogP contribution in [-0.4, -0.2) is 5.16 Å². The van der Waals surface area contributed by atoms with E-state index < -0.39 is 5.82 Å². The molecule has 0 aliphatic carbocycles. The minimum absolute atomic E-state index is 0.0559. The molecule has 0 spiro atoms. The van der Waals surface area contributed by atoms with Gasteiger partial charge in [-0.1, -0.05) is 50.9 Å². The highest BCUT2D eigenvalue weighted by molar-refractivity contribution is 9.10. The first-order chi connectivity index (χ1) is 10.1. The van der Waals surface area contributed by atoms with Crippen molar-refractivity contribution in [1.29, 1.82) is 0 Å². The number of benzene rings is 2. The summed E-state index contributed by atoms with van der Waals surface area (Å²) in [5.41, 5.74) is 8.35. The van der Waals surface area contributed by atoms with E-state index in [0.29, 0.717) is 16.8 Å². The third kappa shape index (κ3) is 2.66. The quantitative estimate of drug-likeness (QED) is 0.682. The van der Waals surface area contributed by atoms with Gasteiger partial charge in [-0.25, -0.2) is 4.39 Å². The molecule has 0 saturated carbocycles. The van der Waals surface area contributed by atoms with Crippen LogP contribution in [0.3, 0.4) is 0 Å². The van der Waals surface area contributed by atoms with Crippen molar-refractivity contribution in [3.05, 3.63) is 57.8 Å². The number of hydrogen-bond donors (Lipinski definition) is 1. The smallest absolute Gasteiger partial charge is 0.230 e. The van der Waals surface area contributed by atoms with E-state index in [1.54, 1.807) is 6.07 Å². The van der Waals surface area contributed by atoms with Gasteiger partial charge >= 0.3 is 0 Å². The number of nitrogen functional groups attached to an aromatic ring is 1.